The summed E-state index contributed by atoms with van der Waals surface area (Å²) >= 11 is 3.25. The van der Waals surface area contributed by atoms with Gasteiger partial charge in [0.15, 0.2) is 0 Å². The van der Waals surface area contributed by atoms with Gasteiger partial charge in [0.05, 0.1) is 5.56 Å². The van der Waals surface area contributed by atoms with Gasteiger partial charge in [-0.15, -0.1) is 0 Å². The maximum Gasteiger partial charge on any atom is 0.254 e. The molecule has 0 aromatic heterocycles. The van der Waals surface area contributed by atoms with E-state index < -0.39 is 5.82 Å². The number of piperidine rings is 1. The van der Waals surface area contributed by atoms with Gasteiger partial charge in [-0.2, -0.15) is 0 Å². The van der Waals surface area contributed by atoms with Crippen LogP contribution in [0.1, 0.15) is 43.0 Å². The lowest BCUT2D eigenvalue weighted by Crippen LogP contribution is -2.39. The first-order valence-electron chi connectivity index (χ1n) is 7.55. The first kappa shape index (κ1) is 16.4. The standard InChI is InChI=1S/C16H22BrFN2O/c1-12-5-2-3-9-20(12)10-4-8-19-16(21)14-11-13(17)6-7-15(14)18/h6-7,11-12H,2-5,8-10H2,1H3,(H,19,21). The Labute approximate surface area is 134 Å². The fourth-order valence-electron chi connectivity index (χ4n) is 2.74. The van der Waals surface area contributed by atoms with E-state index in [4.69, 9.17) is 0 Å². The van der Waals surface area contributed by atoms with Crippen molar-refractivity contribution in [2.75, 3.05) is 19.6 Å². The number of hydrogen-bond donors (Lipinski definition) is 1. The van der Waals surface area contributed by atoms with Crippen molar-refractivity contribution in [1.29, 1.82) is 0 Å². The topological polar surface area (TPSA) is 32.3 Å². The highest BCUT2D eigenvalue weighted by atomic mass is 79.9. The van der Waals surface area contributed by atoms with E-state index in [9.17, 15) is 9.18 Å². The Hall–Kier alpha value is -0.940. The molecule has 1 aliphatic heterocycles. The van der Waals surface area contributed by atoms with E-state index in [1.165, 1.54) is 31.4 Å². The first-order chi connectivity index (χ1) is 10.1. The molecule has 0 spiro atoms. The van der Waals surface area contributed by atoms with Crippen LogP contribution in [0.25, 0.3) is 0 Å². The monoisotopic (exact) mass is 356 g/mol. The number of halogens is 2. The predicted octanol–water partition coefficient (Wildman–Crippen LogP) is 3.58. The quantitative estimate of drug-likeness (QED) is 0.817. The average molecular weight is 357 g/mol. The Kier molecular flexibility index (Phi) is 6.18. The minimum Gasteiger partial charge on any atom is -0.352 e. The lowest BCUT2D eigenvalue weighted by atomic mass is 10.0. The van der Waals surface area contributed by atoms with Crippen LogP contribution in [0.15, 0.2) is 22.7 Å². The van der Waals surface area contributed by atoms with Crippen LogP contribution in [0.2, 0.25) is 0 Å². The van der Waals surface area contributed by atoms with Crippen LogP contribution in [0.3, 0.4) is 0 Å². The molecule has 1 heterocycles. The predicted molar refractivity (Wildman–Crippen MR) is 85.9 cm³/mol. The van der Waals surface area contributed by atoms with Crippen LogP contribution < -0.4 is 5.32 Å². The number of rotatable bonds is 5. The minimum absolute atomic E-state index is 0.0933. The van der Waals surface area contributed by atoms with Crippen molar-refractivity contribution < 1.29 is 9.18 Å². The summed E-state index contributed by atoms with van der Waals surface area (Å²) in [5.41, 5.74) is 0.0933. The van der Waals surface area contributed by atoms with Crippen molar-refractivity contribution in [3.8, 4) is 0 Å². The lowest BCUT2D eigenvalue weighted by molar-refractivity contribution is 0.0945. The second-order valence-electron chi connectivity index (χ2n) is 5.61. The molecule has 1 aromatic carbocycles. The smallest absolute Gasteiger partial charge is 0.254 e. The highest BCUT2D eigenvalue weighted by Crippen LogP contribution is 2.17. The molecule has 116 valence electrons. The maximum absolute atomic E-state index is 13.6. The summed E-state index contributed by atoms with van der Waals surface area (Å²) in [6.07, 6.45) is 4.73. The largest absolute Gasteiger partial charge is 0.352 e. The van der Waals surface area contributed by atoms with Crippen LogP contribution >= 0.6 is 15.9 Å². The van der Waals surface area contributed by atoms with Gasteiger partial charge in [0.25, 0.3) is 5.91 Å². The Morgan fingerprint density at radius 2 is 2.29 bits per heavy atom. The number of nitrogens with zero attached hydrogens (tertiary/aromatic N) is 1. The van der Waals surface area contributed by atoms with Crippen molar-refractivity contribution in [1.82, 2.24) is 10.2 Å². The lowest BCUT2D eigenvalue weighted by Gasteiger charge is -2.33. The van der Waals surface area contributed by atoms with E-state index in [-0.39, 0.29) is 11.5 Å². The number of amides is 1. The normalized spacial score (nSPS) is 19.5. The summed E-state index contributed by atoms with van der Waals surface area (Å²) in [5, 5.41) is 2.79. The third-order valence-corrected chi connectivity index (χ3v) is 4.51. The zero-order chi connectivity index (χ0) is 15.2. The molecule has 0 radical (unpaired) electrons. The van der Waals surface area contributed by atoms with E-state index in [2.05, 4.69) is 33.1 Å². The molecule has 0 saturated carbocycles. The van der Waals surface area contributed by atoms with E-state index in [1.54, 1.807) is 6.07 Å². The zero-order valence-corrected chi connectivity index (χ0v) is 14.0. The zero-order valence-electron chi connectivity index (χ0n) is 12.4. The minimum atomic E-state index is -0.486. The summed E-state index contributed by atoms with van der Waals surface area (Å²) in [5.74, 6) is -0.833. The van der Waals surface area contributed by atoms with Crippen molar-refractivity contribution >= 4 is 21.8 Å². The summed E-state index contributed by atoms with van der Waals surface area (Å²) in [6, 6.07) is 5.03. The maximum atomic E-state index is 13.6. The Morgan fingerprint density at radius 3 is 3.05 bits per heavy atom. The van der Waals surface area contributed by atoms with Crippen molar-refractivity contribution in [3.63, 3.8) is 0 Å². The van der Waals surface area contributed by atoms with Crippen LogP contribution in [0.5, 0.6) is 0 Å². The average Bonchev–Trinajstić information content (AvgIpc) is 2.47. The van der Waals surface area contributed by atoms with Crippen molar-refractivity contribution in [3.05, 3.63) is 34.1 Å². The van der Waals surface area contributed by atoms with E-state index in [0.717, 1.165) is 19.5 Å². The van der Waals surface area contributed by atoms with Crippen LogP contribution in [0, 0.1) is 5.82 Å². The van der Waals surface area contributed by atoms with Gasteiger partial charge in [0, 0.05) is 23.6 Å². The molecule has 1 unspecified atom stereocenters. The van der Waals surface area contributed by atoms with Gasteiger partial charge < -0.3 is 10.2 Å². The molecule has 1 amide bonds. The fraction of sp³-hybridized carbons (Fsp3) is 0.562. The molecule has 0 bridgehead atoms. The highest BCUT2D eigenvalue weighted by Gasteiger charge is 2.17. The van der Waals surface area contributed by atoms with Crippen molar-refractivity contribution in [2.24, 2.45) is 0 Å². The molecule has 1 fully saturated rings. The van der Waals surface area contributed by atoms with E-state index in [1.807, 2.05) is 0 Å². The van der Waals surface area contributed by atoms with Gasteiger partial charge in [0.1, 0.15) is 5.82 Å². The molecule has 2 rings (SSSR count). The number of carbonyl (C=O) groups excluding carboxylic acids is 1. The summed E-state index contributed by atoms with van der Waals surface area (Å²) < 4.78 is 14.3. The van der Waals surface area contributed by atoms with Gasteiger partial charge in [0.2, 0.25) is 0 Å². The van der Waals surface area contributed by atoms with Gasteiger partial charge in [-0.25, -0.2) is 4.39 Å². The van der Waals surface area contributed by atoms with Gasteiger partial charge in [-0.1, -0.05) is 22.4 Å². The number of carbonyl (C=O) groups is 1. The van der Waals surface area contributed by atoms with Crippen LogP contribution in [-0.4, -0.2) is 36.5 Å². The molecule has 1 aromatic rings. The molecule has 1 aliphatic rings. The number of nitrogens with one attached hydrogen (secondary N) is 1. The summed E-state index contributed by atoms with van der Waals surface area (Å²) in [7, 11) is 0. The molecular weight excluding hydrogens is 335 g/mol. The molecule has 1 saturated heterocycles. The molecule has 5 heteroatoms. The molecule has 1 N–H and O–H groups in total. The van der Waals surface area contributed by atoms with Gasteiger partial charge in [-0.3, -0.25) is 4.79 Å². The number of benzene rings is 1. The third kappa shape index (κ3) is 4.78. The second kappa shape index (κ2) is 7.90. The van der Waals surface area contributed by atoms with Gasteiger partial charge >= 0.3 is 0 Å². The second-order valence-corrected chi connectivity index (χ2v) is 6.53. The SMILES string of the molecule is CC1CCCCN1CCCNC(=O)c1cc(Br)ccc1F. The van der Waals surface area contributed by atoms with E-state index in [0.29, 0.717) is 17.1 Å². The Morgan fingerprint density at radius 1 is 1.48 bits per heavy atom. The van der Waals surface area contributed by atoms with Crippen LogP contribution in [0.4, 0.5) is 4.39 Å². The fourth-order valence-corrected chi connectivity index (χ4v) is 3.10. The Balaban J connectivity index is 1.75. The molecule has 0 aliphatic carbocycles. The summed E-state index contributed by atoms with van der Waals surface area (Å²) in [4.78, 5) is 14.4. The molecule has 1 atom stereocenters. The third-order valence-electron chi connectivity index (χ3n) is 4.02. The Bertz CT molecular complexity index is 495. The summed E-state index contributed by atoms with van der Waals surface area (Å²) in [6.45, 7) is 4.97. The van der Waals surface area contributed by atoms with E-state index >= 15 is 0 Å². The molecule has 3 nitrogen and oxygen atoms in total. The van der Waals surface area contributed by atoms with Crippen LogP contribution in [-0.2, 0) is 0 Å². The van der Waals surface area contributed by atoms with Crippen molar-refractivity contribution in [2.45, 2.75) is 38.6 Å². The number of hydrogen-bond acceptors (Lipinski definition) is 2. The molecule has 21 heavy (non-hydrogen) atoms. The van der Waals surface area contributed by atoms with Gasteiger partial charge in [-0.05, 0) is 50.9 Å². The number of likely N-dealkylation sites (tertiary alicyclic amines) is 1. The first-order valence-corrected chi connectivity index (χ1v) is 8.34. The molecular formula is C16H22BrFN2O. The highest BCUT2D eigenvalue weighted by molar-refractivity contribution is 9.10.